The van der Waals surface area contributed by atoms with Crippen LogP contribution in [0.4, 0.5) is 10.5 Å². The summed E-state index contributed by atoms with van der Waals surface area (Å²) in [6.45, 7) is 1.40. The van der Waals surface area contributed by atoms with Gasteiger partial charge in [0.1, 0.15) is 0 Å². The maximum absolute atomic E-state index is 11.5. The summed E-state index contributed by atoms with van der Waals surface area (Å²) < 4.78 is 4.92. The van der Waals surface area contributed by atoms with Gasteiger partial charge in [0.2, 0.25) is 0 Å². The van der Waals surface area contributed by atoms with Crippen molar-refractivity contribution in [2.45, 2.75) is 0 Å². The number of amides is 1. The number of rotatable bonds is 5. The average molecular weight is 405 g/mol. The van der Waals surface area contributed by atoms with Crippen molar-refractivity contribution >= 4 is 46.9 Å². The van der Waals surface area contributed by atoms with Crippen LogP contribution in [0.25, 0.3) is 0 Å². The molecule has 0 bridgehead atoms. The number of hydrogen-bond acceptors (Lipinski definition) is 5. The zero-order valence-electron chi connectivity index (χ0n) is 13.9. The molecule has 1 amide bonds. The number of halogens is 2. The lowest BCUT2D eigenvalue weighted by Gasteiger charge is -2.09. The number of ether oxygens (including phenoxy) is 1. The lowest BCUT2D eigenvalue weighted by molar-refractivity contribution is -0.159. The Morgan fingerprint density at radius 3 is 2.42 bits per heavy atom. The zero-order valence-corrected chi connectivity index (χ0v) is 15.4. The van der Waals surface area contributed by atoms with Crippen molar-refractivity contribution in [3.05, 3.63) is 29.3 Å². The number of carboxylic acid groups (broad SMARTS) is 2. The second kappa shape index (κ2) is 13.8. The SMILES string of the molecule is CN(CC#CCOC(=O)Nc1cccc(Cl)c1)CCCl.O=C(O)C(=O)O. The van der Waals surface area contributed by atoms with E-state index in [-0.39, 0.29) is 6.61 Å². The van der Waals surface area contributed by atoms with Gasteiger partial charge in [-0.05, 0) is 25.2 Å². The summed E-state index contributed by atoms with van der Waals surface area (Å²) in [6, 6.07) is 6.82. The topological polar surface area (TPSA) is 116 Å². The third kappa shape index (κ3) is 12.9. The number of carbonyl (C=O) groups excluding carboxylic acids is 1. The number of nitrogens with zero attached hydrogens (tertiary/aromatic N) is 1. The molecule has 0 fully saturated rings. The van der Waals surface area contributed by atoms with Crippen LogP contribution >= 0.6 is 23.2 Å². The van der Waals surface area contributed by atoms with Gasteiger partial charge in [-0.1, -0.05) is 29.5 Å². The number of nitrogens with one attached hydrogen (secondary N) is 1. The Morgan fingerprint density at radius 1 is 1.23 bits per heavy atom. The quantitative estimate of drug-likeness (QED) is 0.391. The summed E-state index contributed by atoms with van der Waals surface area (Å²) in [5.74, 6) is 2.57. The smallest absolute Gasteiger partial charge is 0.414 e. The number of alkyl halides is 1. The summed E-state index contributed by atoms with van der Waals surface area (Å²) >= 11 is 11.4. The van der Waals surface area contributed by atoms with Gasteiger partial charge in [0.25, 0.3) is 0 Å². The van der Waals surface area contributed by atoms with E-state index in [1.165, 1.54) is 0 Å². The van der Waals surface area contributed by atoms with E-state index in [9.17, 15) is 4.79 Å². The molecule has 8 nitrogen and oxygen atoms in total. The van der Waals surface area contributed by atoms with Gasteiger partial charge in [-0.15, -0.1) is 11.6 Å². The molecule has 142 valence electrons. The normalized spacial score (nSPS) is 9.23. The predicted octanol–water partition coefficient (Wildman–Crippen LogP) is 2.22. The minimum Gasteiger partial charge on any atom is -0.473 e. The highest BCUT2D eigenvalue weighted by Crippen LogP contribution is 2.14. The van der Waals surface area contributed by atoms with Gasteiger partial charge in [0.05, 0.1) is 6.54 Å². The molecule has 10 heteroatoms. The number of hydrogen-bond donors (Lipinski definition) is 3. The van der Waals surface area contributed by atoms with E-state index in [0.29, 0.717) is 23.1 Å². The fraction of sp³-hybridized carbons (Fsp3) is 0.312. The fourth-order valence-electron chi connectivity index (χ4n) is 1.29. The molecule has 26 heavy (non-hydrogen) atoms. The van der Waals surface area contributed by atoms with Gasteiger partial charge in [-0.25, -0.2) is 14.4 Å². The maximum atomic E-state index is 11.5. The van der Waals surface area contributed by atoms with Crippen molar-refractivity contribution in [2.75, 3.05) is 37.9 Å². The van der Waals surface area contributed by atoms with E-state index in [4.69, 9.17) is 47.7 Å². The van der Waals surface area contributed by atoms with Crippen molar-refractivity contribution in [1.82, 2.24) is 4.90 Å². The number of carboxylic acids is 2. The molecule has 0 spiro atoms. The van der Waals surface area contributed by atoms with Crippen molar-refractivity contribution in [2.24, 2.45) is 0 Å². The Morgan fingerprint density at radius 2 is 1.88 bits per heavy atom. The predicted molar refractivity (Wildman–Crippen MR) is 97.7 cm³/mol. The van der Waals surface area contributed by atoms with E-state index in [1.807, 2.05) is 11.9 Å². The van der Waals surface area contributed by atoms with Crippen LogP contribution in [0.1, 0.15) is 0 Å². The molecule has 1 rings (SSSR count). The summed E-state index contributed by atoms with van der Waals surface area (Å²) in [5.41, 5.74) is 0.581. The van der Waals surface area contributed by atoms with Crippen LogP contribution in [0.5, 0.6) is 0 Å². The molecule has 0 heterocycles. The molecule has 0 saturated heterocycles. The summed E-state index contributed by atoms with van der Waals surface area (Å²) in [4.78, 5) is 31.6. The summed E-state index contributed by atoms with van der Waals surface area (Å²) in [7, 11) is 1.92. The van der Waals surface area contributed by atoms with E-state index in [0.717, 1.165) is 6.54 Å². The van der Waals surface area contributed by atoms with Crippen LogP contribution in [0.3, 0.4) is 0 Å². The molecule has 0 radical (unpaired) electrons. The second-order valence-electron chi connectivity index (χ2n) is 4.60. The Bertz CT molecular complexity index is 660. The van der Waals surface area contributed by atoms with Crippen LogP contribution in [0, 0.1) is 11.8 Å². The minimum atomic E-state index is -1.82. The Balaban J connectivity index is 0.000000896. The first kappa shape index (κ1) is 23.5. The standard InChI is InChI=1S/C14H16Cl2N2O2.C2H2O4/c1-18(9-7-15)8-2-3-10-20-14(19)17-13-6-4-5-12(16)11-13;3-1(4)2(5)6/h4-6,11H,7-10H2,1H3,(H,17,19);(H,3,4)(H,5,6). The van der Waals surface area contributed by atoms with E-state index in [1.54, 1.807) is 24.3 Å². The summed E-state index contributed by atoms with van der Waals surface area (Å²) in [5, 5.41) is 17.9. The monoisotopic (exact) mass is 404 g/mol. The molecule has 0 saturated carbocycles. The second-order valence-corrected chi connectivity index (χ2v) is 5.42. The third-order valence-electron chi connectivity index (χ3n) is 2.47. The highest BCUT2D eigenvalue weighted by atomic mass is 35.5. The Kier molecular flexibility index (Phi) is 12.5. The van der Waals surface area contributed by atoms with Gasteiger partial charge >= 0.3 is 18.0 Å². The van der Waals surface area contributed by atoms with Crippen LogP contribution < -0.4 is 5.32 Å². The molecule has 3 N–H and O–H groups in total. The lowest BCUT2D eigenvalue weighted by atomic mass is 10.3. The number of anilines is 1. The molecule has 1 aromatic rings. The number of benzene rings is 1. The van der Waals surface area contributed by atoms with Crippen LogP contribution in [-0.2, 0) is 14.3 Å². The first-order valence-electron chi connectivity index (χ1n) is 7.12. The van der Waals surface area contributed by atoms with Crippen molar-refractivity contribution in [3.8, 4) is 11.8 Å². The van der Waals surface area contributed by atoms with Gasteiger partial charge < -0.3 is 14.9 Å². The van der Waals surface area contributed by atoms with Crippen LogP contribution in [-0.4, -0.2) is 65.8 Å². The number of carbonyl (C=O) groups is 3. The Hall–Kier alpha value is -2.47. The van der Waals surface area contributed by atoms with Gasteiger partial charge in [-0.2, -0.15) is 0 Å². The van der Waals surface area contributed by atoms with Crippen LogP contribution in [0.15, 0.2) is 24.3 Å². The fourth-order valence-corrected chi connectivity index (χ4v) is 1.77. The highest BCUT2D eigenvalue weighted by molar-refractivity contribution is 6.30. The first-order chi connectivity index (χ1) is 12.3. The molecule has 0 aromatic heterocycles. The molecule has 0 aliphatic rings. The molecular weight excluding hydrogens is 387 g/mol. The lowest BCUT2D eigenvalue weighted by Crippen LogP contribution is -2.20. The molecule has 0 unspecified atom stereocenters. The number of aliphatic carboxylic acids is 2. The molecule has 0 aliphatic carbocycles. The van der Waals surface area contributed by atoms with E-state index < -0.39 is 18.0 Å². The molecule has 1 aromatic carbocycles. The third-order valence-corrected chi connectivity index (χ3v) is 2.87. The zero-order chi connectivity index (χ0) is 19.9. The van der Waals surface area contributed by atoms with Crippen molar-refractivity contribution in [1.29, 1.82) is 0 Å². The first-order valence-corrected chi connectivity index (χ1v) is 8.03. The van der Waals surface area contributed by atoms with E-state index in [2.05, 4.69) is 17.2 Å². The molecular formula is C16H18Cl2N2O6. The molecule has 0 atom stereocenters. The van der Waals surface area contributed by atoms with Crippen LogP contribution in [0.2, 0.25) is 5.02 Å². The average Bonchev–Trinajstić information content (AvgIpc) is 2.55. The minimum absolute atomic E-state index is 0.0428. The highest BCUT2D eigenvalue weighted by Gasteiger charge is 2.04. The largest absolute Gasteiger partial charge is 0.473 e. The van der Waals surface area contributed by atoms with Gasteiger partial charge in [0, 0.05) is 23.1 Å². The van der Waals surface area contributed by atoms with Crippen molar-refractivity contribution < 1.29 is 29.3 Å². The van der Waals surface area contributed by atoms with E-state index >= 15 is 0 Å². The van der Waals surface area contributed by atoms with Gasteiger partial charge in [0.15, 0.2) is 6.61 Å². The maximum Gasteiger partial charge on any atom is 0.414 e. The molecule has 0 aliphatic heterocycles. The van der Waals surface area contributed by atoms with Gasteiger partial charge in [-0.3, -0.25) is 10.2 Å². The Labute approximate surface area is 160 Å². The summed E-state index contributed by atoms with van der Waals surface area (Å²) in [6.07, 6.45) is -0.560. The van der Waals surface area contributed by atoms with Crippen molar-refractivity contribution in [3.63, 3.8) is 0 Å².